The molecule has 2 aromatic rings. The Kier molecular flexibility index (Phi) is 4.14. The second-order valence-electron chi connectivity index (χ2n) is 4.28. The first-order valence-electron chi connectivity index (χ1n) is 5.81. The molecule has 0 saturated carbocycles. The van der Waals surface area contributed by atoms with E-state index in [1.807, 2.05) is 0 Å². The molecule has 6 nitrogen and oxygen atoms in total. The molecule has 0 radical (unpaired) electrons. The molecule has 21 heavy (non-hydrogen) atoms. The van der Waals surface area contributed by atoms with E-state index in [-0.39, 0.29) is 6.54 Å². The average molecular weight is 314 g/mol. The lowest BCUT2D eigenvalue weighted by Gasteiger charge is -2.08. The van der Waals surface area contributed by atoms with Crippen LogP contribution < -0.4 is 10.5 Å². The fourth-order valence-corrected chi connectivity index (χ4v) is 2.60. The summed E-state index contributed by atoms with van der Waals surface area (Å²) >= 11 is 0. The molecule has 0 atom stereocenters. The summed E-state index contributed by atoms with van der Waals surface area (Å²) < 4.78 is 52.7. The Hall–Kier alpha value is -2.13. The molecule has 0 fully saturated rings. The van der Waals surface area contributed by atoms with Crippen molar-refractivity contribution in [1.29, 1.82) is 0 Å². The Bertz CT molecular complexity index is 764. The Labute approximate surface area is 120 Å². The van der Waals surface area contributed by atoms with Gasteiger partial charge in [0.2, 0.25) is 10.0 Å². The number of nitrogen functional groups attached to an aromatic ring is 1. The van der Waals surface area contributed by atoms with Gasteiger partial charge in [-0.15, -0.1) is 0 Å². The number of hydrogen-bond acceptors (Lipinski definition) is 5. The van der Waals surface area contributed by atoms with Crippen molar-refractivity contribution < 1.29 is 17.2 Å². The number of aryl methyl sites for hydroxylation is 1. The van der Waals surface area contributed by atoms with Crippen molar-refractivity contribution in [3.8, 4) is 0 Å². The topological polar surface area (TPSA) is 98.0 Å². The van der Waals surface area contributed by atoms with Gasteiger partial charge < -0.3 is 5.73 Å². The van der Waals surface area contributed by atoms with Crippen molar-refractivity contribution in [1.82, 2.24) is 14.7 Å². The first-order chi connectivity index (χ1) is 9.79. The Morgan fingerprint density at radius 1 is 1.19 bits per heavy atom. The Balaban J connectivity index is 2.22. The van der Waals surface area contributed by atoms with Gasteiger partial charge in [-0.1, -0.05) is 0 Å². The number of sulfonamides is 1. The summed E-state index contributed by atoms with van der Waals surface area (Å²) in [5.74, 6) is -2.24. The number of nitrogens with zero attached hydrogens (tertiary/aromatic N) is 2. The lowest BCUT2D eigenvalue weighted by molar-refractivity contribution is 0.544. The van der Waals surface area contributed by atoms with E-state index < -0.39 is 32.2 Å². The predicted molar refractivity (Wildman–Crippen MR) is 71.6 cm³/mol. The van der Waals surface area contributed by atoms with Crippen LogP contribution in [-0.4, -0.2) is 18.4 Å². The molecule has 2 rings (SSSR count). The molecule has 112 valence electrons. The fourth-order valence-electron chi connectivity index (χ4n) is 1.51. The molecule has 1 aromatic carbocycles. The van der Waals surface area contributed by atoms with Crippen LogP contribution in [0.2, 0.25) is 0 Å². The zero-order valence-corrected chi connectivity index (χ0v) is 11.8. The molecule has 0 aliphatic carbocycles. The van der Waals surface area contributed by atoms with Gasteiger partial charge in [0.05, 0.1) is 29.8 Å². The van der Waals surface area contributed by atoms with Gasteiger partial charge in [0.1, 0.15) is 16.5 Å². The summed E-state index contributed by atoms with van der Waals surface area (Å²) in [6.07, 6.45) is 2.87. The molecule has 0 spiro atoms. The second-order valence-corrected chi connectivity index (χ2v) is 6.01. The maximum absolute atomic E-state index is 13.6. The zero-order valence-electron chi connectivity index (χ0n) is 11.0. The number of rotatable bonds is 4. The summed E-state index contributed by atoms with van der Waals surface area (Å²) in [4.78, 5) is 7.20. The molecule has 3 N–H and O–H groups in total. The van der Waals surface area contributed by atoms with E-state index in [4.69, 9.17) is 5.73 Å². The highest BCUT2D eigenvalue weighted by molar-refractivity contribution is 7.89. The second kappa shape index (κ2) is 5.70. The standard InChI is InChI=1S/C12H12F2N4O2S/c1-7-4-17-8(5-16-7)6-18-21(19,20)12-3-11(15)9(13)2-10(12)14/h2-5,18H,6,15H2,1H3. The van der Waals surface area contributed by atoms with Crippen LogP contribution in [0.3, 0.4) is 0 Å². The van der Waals surface area contributed by atoms with E-state index in [1.165, 1.54) is 12.4 Å². The van der Waals surface area contributed by atoms with E-state index in [9.17, 15) is 17.2 Å². The summed E-state index contributed by atoms with van der Waals surface area (Å²) in [6.45, 7) is 1.56. The first kappa shape index (κ1) is 15.3. The van der Waals surface area contributed by atoms with E-state index >= 15 is 0 Å². The van der Waals surface area contributed by atoms with Crippen LogP contribution in [0.5, 0.6) is 0 Å². The lowest BCUT2D eigenvalue weighted by atomic mass is 10.3. The Morgan fingerprint density at radius 3 is 2.52 bits per heavy atom. The molecule has 0 bridgehead atoms. The Morgan fingerprint density at radius 2 is 1.90 bits per heavy atom. The van der Waals surface area contributed by atoms with E-state index in [0.717, 1.165) is 6.07 Å². The van der Waals surface area contributed by atoms with Crippen LogP contribution in [-0.2, 0) is 16.6 Å². The lowest BCUT2D eigenvalue weighted by Crippen LogP contribution is -2.25. The van der Waals surface area contributed by atoms with Crippen molar-refractivity contribution in [3.63, 3.8) is 0 Å². The number of benzene rings is 1. The molecule has 0 saturated heterocycles. The van der Waals surface area contributed by atoms with Gasteiger partial charge in [0.15, 0.2) is 0 Å². The summed E-state index contributed by atoms with van der Waals surface area (Å²) in [5.41, 5.74) is 5.84. The molecular weight excluding hydrogens is 302 g/mol. The molecule has 0 unspecified atom stereocenters. The van der Waals surface area contributed by atoms with Crippen LogP contribution in [0.4, 0.5) is 14.5 Å². The van der Waals surface area contributed by atoms with Crippen LogP contribution in [0, 0.1) is 18.6 Å². The van der Waals surface area contributed by atoms with Crippen LogP contribution in [0.15, 0.2) is 29.4 Å². The quantitative estimate of drug-likeness (QED) is 0.824. The largest absolute Gasteiger partial charge is 0.396 e. The number of nitrogens with two attached hydrogens (primary N) is 1. The molecule has 0 aliphatic rings. The highest BCUT2D eigenvalue weighted by Crippen LogP contribution is 2.20. The third kappa shape index (κ3) is 3.50. The van der Waals surface area contributed by atoms with Gasteiger partial charge in [0.25, 0.3) is 0 Å². The van der Waals surface area contributed by atoms with Crippen LogP contribution in [0.25, 0.3) is 0 Å². The number of anilines is 1. The van der Waals surface area contributed by atoms with Gasteiger partial charge in [-0.2, -0.15) is 0 Å². The molecule has 1 heterocycles. The van der Waals surface area contributed by atoms with Crippen LogP contribution in [0.1, 0.15) is 11.4 Å². The number of nitrogens with one attached hydrogen (secondary N) is 1. The smallest absolute Gasteiger partial charge is 0.243 e. The fraction of sp³-hybridized carbons (Fsp3) is 0.167. The van der Waals surface area contributed by atoms with Crippen molar-refractivity contribution in [3.05, 3.63) is 47.5 Å². The maximum atomic E-state index is 13.6. The minimum atomic E-state index is -4.18. The van der Waals surface area contributed by atoms with Crippen molar-refractivity contribution in [2.75, 3.05) is 5.73 Å². The third-order valence-corrected chi connectivity index (χ3v) is 4.03. The first-order valence-corrected chi connectivity index (χ1v) is 7.29. The highest BCUT2D eigenvalue weighted by atomic mass is 32.2. The minimum absolute atomic E-state index is 0.174. The van der Waals surface area contributed by atoms with Crippen LogP contribution >= 0.6 is 0 Å². The monoisotopic (exact) mass is 314 g/mol. The number of aromatic nitrogens is 2. The predicted octanol–water partition coefficient (Wildman–Crippen LogP) is 1.12. The molecule has 0 aliphatic heterocycles. The van der Waals surface area contributed by atoms with Crippen molar-refractivity contribution in [2.24, 2.45) is 0 Å². The third-order valence-electron chi connectivity index (χ3n) is 2.62. The van der Waals surface area contributed by atoms with E-state index in [2.05, 4.69) is 14.7 Å². The summed E-state index contributed by atoms with van der Waals surface area (Å²) in [7, 11) is -4.18. The van der Waals surface area contributed by atoms with Gasteiger partial charge in [-0.3, -0.25) is 9.97 Å². The maximum Gasteiger partial charge on any atom is 0.243 e. The van der Waals surface area contributed by atoms with Crippen molar-refractivity contribution in [2.45, 2.75) is 18.4 Å². The van der Waals surface area contributed by atoms with Gasteiger partial charge >= 0.3 is 0 Å². The highest BCUT2D eigenvalue weighted by Gasteiger charge is 2.21. The summed E-state index contributed by atoms with van der Waals surface area (Å²) in [5, 5.41) is 0. The molecule has 0 amide bonds. The van der Waals surface area contributed by atoms with Gasteiger partial charge in [-0.05, 0) is 13.0 Å². The normalized spacial score (nSPS) is 11.6. The summed E-state index contributed by atoms with van der Waals surface area (Å²) in [6, 6.07) is 1.16. The minimum Gasteiger partial charge on any atom is -0.396 e. The number of hydrogen-bond donors (Lipinski definition) is 2. The molecular formula is C12H12F2N4O2S. The van der Waals surface area contributed by atoms with E-state index in [0.29, 0.717) is 17.5 Å². The molecule has 9 heteroatoms. The SMILES string of the molecule is Cc1cnc(CNS(=O)(=O)c2cc(N)c(F)cc2F)cn1. The zero-order chi connectivity index (χ0) is 15.6. The van der Waals surface area contributed by atoms with Gasteiger partial charge in [-0.25, -0.2) is 21.9 Å². The van der Waals surface area contributed by atoms with E-state index in [1.54, 1.807) is 6.92 Å². The number of halogens is 2. The van der Waals surface area contributed by atoms with Crippen molar-refractivity contribution >= 4 is 15.7 Å². The molecule has 1 aromatic heterocycles. The van der Waals surface area contributed by atoms with Gasteiger partial charge in [0, 0.05) is 12.3 Å². The average Bonchev–Trinajstić information content (AvgIpc) is 2.42.